The van der Waals surface area contributed by atoms with Crippen LogP contribution < -0.4 is 14.8 Å². The Labute approximate surface area is 113 Å². The van der Waals surface area contributed by atoms with E-state index in [-0.39, 0.29) is 5.56 Å². The van der Waals surface area contributed by atoms with Crippen molar-refractivity contribution in [2.24, 2.45) is 0 Å². The third-order valence-electron chi connectivity index (χ3n) is 2.46. The van der Waals surface area contributed by atoms with E-state index in [4.69, 9.17) is 14.6 Å². The van der Waals surface area contributed by atoms with Crippen molar-refractivity contribution in [3.63, 3.8) is 0 Å². The molecule has 0 aromatic heterocycles. The van der Waals surface area contributed by atoms with Crippen molar-refractivity contribution in [2.45, 2.75) is 12.2 Å². The van der Waals surface area contributed by atoms with Crippen molar-refractivity contribution >= 4 is 5.97 Å². The molecule has 0 radical (unpaired) electrons. The first-order chi connectivity index (χ1) is 9.26. The van der Waals surface area contributed by atoms with Crippen molar-refractivity contribution in [2.75, 3.05) is 20.8 Å². The number of alkyl halides is 3. The van der Waals surface area contributed by atoms with E-state index < -0.39 is 24.7 Å². The summed E-state index contributed by atoms with van der Waals surface area (Å²) in [5.74, 6) is -0.844. The van der Waals surface area contributed by atoms with Crippen molar-refractivity contribution in [3.05, 3.63) is 23.8 Å². The zero-order valence-electron chi connectivity index (χ0n) is 10.8. The van der Waals surface area contributed by atoms with E-state index in [9.17, 15) is 18.0 Å². The second-order valence-corrected chi connectivity index (χ2v) is 3.91. The minimum Gasteiger partial charge on any atom is -0.497 e. The van der Waals surface area contributed by atoms with Crippen molar-refractivity contribution in [3.8, 4) is 11.5 Å². The predicted octanol–water partition coefficient (Wildman–Crippen LogP) is 1.98. The molecule has 0 fully saturated rings. The summed E-state index contributed by atoms with van der Waals surface area (Å²) in [7, 11) is 2.72. The molecule has 1 unspecified atom stereocenters. The van der Waals surface area contributed by atoms with Gasteiger partial charge in [0, 0.05) is 6.07 Å². The summed E-state index contributed by atoms with van der Waals surface area (Å²) in [5, 5.41) is 11.0. The Morgan fingerprint density at radius 2 is 1.75 bits per heavy atom. The minimum absolute atomic E-state index is 0.109. The van der Waals surface area contributed by atoms with Crippen molar-refractivity contribution in [1.82, 2.24) is 5.32 Å². The van der Waals surface area contributed by atoms with Gasteiger partial charge in [-0.1, -0.05) is 0 Å². The number of carboxylic acid groups (broad SMARTS) is 1. The van der Waals surface area contributed by atoms with Crippen LogP contribution in [0.3, 0.4) is 0 Å². The van der Waals surface area contributed by atoms with Gasteiger partial charge in [0.2, 0.25) is 0 Å². The molecule has 0 aliphatic carbocycles. The summed E-state index contributed by atoms with van der Waals surface area (Å²) >= 11 is 0. The molecule has 0 heterocycles. The molecule has 5 nitrogen and oxygen atoms in total. The van der Waals surface area contributed by atoms with Crippen LogP contribution in [0.4, 0.5) is 13.2 Å². The number of hydrogen-bond donors (Lipinski definition) is 2. The molecule has 1 aromatic rings. The Kier molecular flexibility index (Phi) is 5.20. The van der Waals surface area contributed by atoms with Gasteiger partial charge in [0.25, 0.3) is 0 Å². The van der Waals surface area contributed by atoms with Gasteiger partial charge < -0.3 is 14.6 Å². The molecule has 112 valence electrons. The van der Waals surface area contributed by atoms with Gasteiger partial charge in [-0.2, -0.15) is 13.2 Å². The molecule has 0 aliphatic rings. The smallest absolute Gasteiger partial charge is 0.401 e. The number of rotatable bonds is 6. The second-order valence-electron chi connectivity index (χ2n) is 3.91. The number of methoxy groups -OCH3 is 2. The Hall–Kier alpha value is -1.96. The van der Waals surface area contributed by atoms with Gasteiger partial charge in [0.1, 0.15) is 17.5 Å². The van der Waals surface area contributed by atoms with E-state index in [1.165, 1.54) is 32.4 Å². The highest BCUT2D eigenvalue weighted by Gasteiger charge is 2.31. The third-order valence-corrected chi connectivity index (χ3v) is 2.46. The highest BCUT2D eigenvalue weighted by atomic mass is 19.4. The number of ether oxygens (including phenoxy) is 2. The Balaban J connectivity index is 3.05. The molecule has 0 saturated heterocycles. The van der Waals surface area contributed by atoms with Crippen molar-refractivity contribution < 1.29 is 32.5 Å². The maximum absolute atomic E-state index is 12.2. The van der Waals surface area contributed by atoms with E-state index in [1.54, 1.807) is 0 Å². The topological polar surface area (TPSA) is 67.8 Å². The first-order valence-corrected chi connectivity index (χ1v) is 5.52. The average Bonchev–Trinajstić information content (AvgIpc) is 2.36. The van der Waals surface area contributed by atoms with Crippen LogP contribution in [0.25, 0.3) is 0 Å². The number of hydrogen-bond acceptors (Lipinski definition) is 4. The molecule has 0 aliphatic heterocycles. The van der Waals surface area contributed by atoms with Crippen LogP contribution in [0, 0.1) is 0 Å². The van der Waals surface area contributed by atoms with Gasteiger partial charge in [-0.25, -0.2) is 0 Å². The standard InChI is InChI=1S/C12H14F3NO4/c1-19-8-3-7(4-9(5-8)20-2)10(11(17)18)16-6-12(13,14)15/h3-5,10,16H,6H2,1-2H3,(H,17,18). The largest absolute Gasteiger partial charge is 0.497 e. The fraction of sp³-hybridized carbons (Fsp3) is 0.417. The summed E-state index contributed by atoms with van der Waals surface area (Å²) in [4.78, 5) is 11.1. The lowest BCUT2D eigenvalue weighted by Gasteiger charge is -2.17. The normalized spacial score (nSPS) is 12.8. The summed E-state index contributed by atoms with van der Waals surface area (Å²) in [6.07, 6.45) is -4.50. The molecule has 1 atom stereocenters. The highest BCUT2D eigenvalue weighted by molar-refractivity contribution is 5.76. The molecule has 8 heteroatoms. The molecular weight excluding hydrogens is 279 g/mol. The molecule has 20 heavy (non-hydrogen) atoms. The Morgan fingerprint density at radius 1 is 1.25 bits per heavy atom. The Bertz CT molecular complexity index is 454. The van der Waals surface area contributed by atoms with Crippen LogP contribution in [0.5, 0.6) is 11.5 Å². The number of carboxylic acids is 1. The predicted molar refractivity (Wildman–Crippen MR) is 64.0 cm³/mol. The van der Waals surface area contributed by atoms with E-state index in [0.717, 1.165) is 0 Å². The van der Waals surface area contributed by atoms with E-state index in [1.807, 2.05) is 5.32 Å². The number of nitrogens with one attached hydrogen (secondary N) is 1. The number of aliphatic carboxylic acids is 1. The maximum atomic E-state index is 12.2. The monoisotopic (exact) mass is 293 g/mol. The van der Waals surface area contributed by atoms with Gasteiger partial charge in [-0.3, -0.25) is 10.1 Å². The quantitative estimate of drug-likeness (QED) is 0.839. The molecule has 0 spiro atoms. The van der Waals surface area contributed by atoms with Crippen LogP contribution in [0.1, 0.15) is 11.6 Å². The lowest BCUT2D eigenvalue weighted by Crippen LogP contribution is -2.36. The zero-order valence-corrected chi connectivity index (χ0v) is 10.8. The first-order valence-electron chi connectivity index (χ1n) is 5.52. The van der Waals surface area contributed by atoms with Gasteiger partial charge in [-0.15, -0.1) is 0 Å². The maximum Gasteiger partial charge on any atom is 0.401 e. The SMILES string of the molecule is COc1cc(OC)cc(C(NCC(F)(F)F)C(=O)O)c1. The van der Waals surface area contributed by atoms with Gasteiger partial charge >= 0.3 is 12.1 Å². The fourth-order valence-corrected chi connectivity index (χ4v) is 1.56. The van der Waals surface area contributed by atoms with E-state index in [0.29, 0.717) is 11.5 Å². The average molecular weight is 293 g/mol. The number of carbonyl (C=O) groups is 1. The van der Waals surface area contributed by atoms with Crippen LogP contribution in [0.15, 0.2) is 18.2 Å². The van der Waals surface area contributed by atoms with Gasteiger partial charge in [0.05, 0.1) is 20.8 Å². The summed E-state index contributed by atoms with van der Waals surface area (Å²) in [6.45, 7) is -1.41. The minimum atomic E-state index is -4.50. The molecule has 1 aromatic carbocycles. The lowest BCUT2D eigenvalue weighted by molar-refractivity contribution is -0.143. The molecular formula is C12H14F3NO4. The molecule has 2 N–H and O–H groups in total. The van der Waals surface area contributed by atoms with Gasteiger partial charge in [0.15, 0.2) is 0 Å². The Morgan fingerprint density at radius 3 is 2.10 bits per heavy atom. The van der Waals surface area contributed by atoms with Crippen LogP contribution >= 0.6 is 0 Å². The zero-order chi connectivity index (χ0) is 15.3. The fourth-order valence-electron chi connectivity index (χ4n) is 1.56. The first kappa shape index (κ1) is 16.1. The summed E-state index contributed by atoms with van der Waals surface area (Å²) in [6, 6.07) is 2.65. The van der Waals surface area contributed by atoms with E-state index >= 15 is 0 Å². The highest BCUT2D eigenvalue weighted by Crippen LogP contribution is 2.27. The lowest BCUT2D eigenvalue weighted by atomic mass is 10.1. The second kappa shape index (κ2) is 6.47. The third kappa shape index (κ3) is 4.61. The summed E-state index contributed by atoms with van der Waals surface area (Å²) < 4.78 is 46.4. The number of halogens is 3. The number of benzene rings is 1. The van der Waals surface area contributed by atoms with E-state index in [2.05, 4.69) is 0 Å². The molecule has 0 amide bonds. The van der Waals surface area contributed by atoms with Crippen LogP contribution in [-0.4, -0.2) is 38.0 Å². The molecule has 0 saturated carbocycles. The van der Waals surface area contributed by atoms with Crippen LogP contribution in [0.2, 0.25) is 0 Å². The molecule has 0 bridgehead atoms. The van der Waals surface area contributed by atoms with Crippen molar-refractivity contribution in [1.29, 1.82) is 0 Å². The van der Waals surface area contributed by atoms with Gasteiger partial charge in [-0.05, 0) is 17.7 Å². The summed E-state index contributed by atoms with van der Waals surface area (Å²) in [5.41, 5.74) is 0.109. The molecule has 1 rings (SSSR count). The van der Waals surface area contributed by atoms with Crippen LogP contribution in [-0.2, 0) is 4.79 Å².